The Kier molecular flexibility index (Phi) is 2.67. The van der Waals surface area contributed by atoms with Crippen LogP contribution in [0.4, 0.5) is 6.01 Å². The predicted molar refractivity (Wildman–Crippen MR) is 52.8 cm³/mol. The minimum Gasteiger partial charge on any atom is -0.407 e. The highest BCUT2D eigenvalue weighted by molar-refractivity contribution is 5.28. The summed E-state index contributed by atoms with van der Waals surface area (Å²) in [4.78, 5) is 2.19. The third-order valence-electron chi connectivity index (χ3n) is 2.72. The van der Waals surface area contributed by atoms with E-state index in [1.807, 2.05) is 0 Å². The molecule has 1 fully saturated rings. The van der Waals surface area contributed by atoms with Gasteiger partial charge in [-0.2, -0.15) is 0 Å². The number of rotatable bonds is 3. The maximum absolute atomic E-state index is 5.43. The van der Waals surface area contributed by atoms with Gasteiger partial charge in [0.25, 0.3) is 0 Å². The molecule has 1 aliphatic rings. The molecule has 0 radical (unpaired) electrons. The summed E-state index contributed by atoms with van der Waals surface area (Å²) in [6, 6.07) is 1.19. The normalized spacial score (nSPS) is 21.9. The molecular formula is C9H16N4O. The van der Waals surface area contributed by atoms with Crippen LogP contribution in [0.25, 0.3) is 0 Å². The first-order chi connectivity index (χ1) is 6.85. The van der Waals surface area contributed by atoms with Crippen LogP contribution in [0.15, 0.2) is 4.42 Å². The van der Waals surface area contributed by atoms with Crippen molar-refractivity contribution in [1.29, 1.82) is 0 Å². The van der Waals surface area contributed by atoms with Crippen LogP contribution < -0.4 is 10.6 Å². The van der Waals surface area contributed by atoms with Crippen LogP contribution in [0.5, 0.6) is 0 Å². The van der Waals surface area contributed by atoms with E-state index in [-0.39, 0.29) is 0 Å². The van der Waals surface area contributed by atoms with Gasteiger partial charge >= 0.3 is 6.01 Å². The van der Waals surface area contributed by atoms with Crippen molar-refractivity contribution in [3.8, 4) is 0 Å². The van der Waals surface area contributed by atoms with E-state index in [0.717, 1.165) is 13.0 Å². The van der Waals surface area contributed by atoms with E-state index in [9.17, 15) is 0 Å². The first-order valence-electron chi connectivity index (χ1n) is 5.14. The summed E-state index contributed by atoms with van der Waals surface area (Å²) in [5, 5.41) is 7.86. The average Bonchev–Trinajstić information content (AvgIpc) is 2.85. The third kappa shape index (κ3) is 1.59. The van der Waals surface area contributed by atoms with Gasteiger partial charge in [-0.25, -0.2) is 0 Å². The van der Waals surface area contributed by atoms with Gasteiger partial charge in [0.2, 0.25) is 5.89 Å². The Labute approximate surface area is 83.3 Å². The molecule has 5 nitrogen and oxygen atoms in total. The summed E-state index contributed by atoms with van der Waals surface area (Å²) >= 11 is 0. The lowest BCUT2D eigenvalue weighted by Crippen LogP contribution is -2.28. The molecule has 0 aromatic carbocycles. The number of nitrogens with zero attached hydrogens (tertiary/aromatic N) is 3. The second kappa shape index (κ2) is 3.96. The van der Waals surface area contributed by atoms with Crippen LogP contribution in [-0.2, 0) is 6.54 Å². The van der Waals surface area contributed by atoms with Gasteiger partial charge in [0.05, 0.1) is 6.54 Å². The smallest absolute Gasteiger partial charge is 0.318 e. The fraction of sp³-hybridized carbons (Fsp3) is 0.778. The van der Waals surface area contributed by atoms with E-state index in [1.165, 1.54) is 12.8 Å². The lowest BCUT2D eigenvalue weighted by molar-refractivity contribution is 0.475. The maximum Gasteiger partial charge on any atom is 0.318 e. The summed E-state index contributed by atoms with van der Waals surface area (Å²) in [5.41, 5.74) is 5.41. The molecule has 2 rings (SSSR count). The van der Waals surface area contributed by atoms with Gasteiger partial charge in [0, 0.05) is 12.6 Å². The first-order valence-corrected chi connectivity index (χ1v) is 5.14. The van der Waals surface area contributed by atoms with E-state index >= 15 is 0 Å². The van der Waals surface area contributed by atoms with E-state index in [2.05, 4.69) is 22.0 Å². The Balaban J connectivity index is 2.13. The molecule has 1 aromatic heterocycles. The van der Waals surface area contributed by atoms with Crippen molar-refractivity contribution in [3.63, 3.8) is 0 Å². The van der Waals surface area contributed by atoms with E-state index in [1.54, 1.807) is 0 Å². The van der Waals surface area contributed by atoms with E-state index in [0.29, 0.717) is 24.5 Å². The zero-order valence-corrected chi connectivity index (χ0v) is 8.44. The van der Waals surface area contributed by atoms with Crippen molar-refractivity contribution >= 4 is 6.01 Å². The van der Waals surface area contributed by atoms with Crippen LogP contribution in [0, 0.1) is 0 Å². The second-order valence-corrected chi connectivity index (χ2v) is 3.58. The number of aromatic nitrogens is 2. The van der Waals surface area contributed by atoms with Gasteiger partial charge < -0.3 is 15.1 Å². The summed E-state index contributed by atoms with van der Waals surface area (Å²) in [6.45, 7) is 3.52. The van der Waals surface area contributed by atoms with Gasteiger partial charge in [-0.05, 0) is 19.3 Å². The Morgan fingerprint density at radius 3 is 3.07 bits per heavy atom. The number of hydrogen-bond donors (Lipinski definition) is 1. The summed E-state index contributed by atoms with van der Waals surface area (Å²) in [6.07, 6.45) is 3.55. The molecule has 1 unspecified atom stereocenters. The number of hydrogen-bond acceptors (Lipinski definition) is 5. The Morgan fingerprint density at radius 2 is 2.43 bits per heavy atom. The molecule has 0 bridgehead atoms. The fourth-order valence-electron chi connectivity index (χ4n) is 1.96. The van der Waals surface area contributed by atoms with Crippen LogP contribution in [0.1, 0.15) is 32.1 Å². The predicted octanol–water partition coefficient (Wildman–Crippen LogP) is 0.907. The molecule has 1 saturated heterocycles. The van der Waals surface area contributed by atoms with E-state index in [4.69, 9.17) is 10.2 Å². The topological polar surface area (TPSA) is 68.2 Å². The largest absolute Gasteiger partial charge is 0.407 e. The minimum absolute atomic E-state index is 0.317. The van der Waals surface area contributed by atoms with Gasteiger partial charge in [-0.1, -0.05) is 12.0 Å². The molecule has 1 atom stereocenters. The molecule has 2 N–H and O–H groups in total. The lowest BCUT2D eigenvalue weighted by atomic mass is 10.2. The van der Waals surface area contributed by atoms with Crippen molar-refractivity contribution in [3.05, 3.63) is 5.89 Å². The van der Waals surface area contributed by atoms with Gasteiger partial charge in [0.15, 0.2) is 0 Å². The minimum atomic E-state index is 0.317. The average molecular weight is 196 g/mol. The molecule has 0 saturated carbocycles. The lowest BCUT2D eigenvalue weighted by Gasteiger charge is -2.20. The van der Waals surface area contributed by atoms with Crippen molar-refractivity contribution < 1.29 is 4.42 Å². The van der Waals surface area contributed by atoms with Crippen LogP contribution >= 0.6 is 0 Å². The summed E-state index contributed by atoms with van der Waals surface area (Å²) in [5.74, 6) is 0.516. The first kappa shape index (κ1) is 9.45. The molecule has 2 heterocycles. The fourth-order valence-corrected chi connectivity index (χ4v) is 1.96. The van der Waals surface area contributed by atoms with Gasteiger partial charge in [0.1, 0.15) is 0 Å². The molecule has 5 heteroatoms. The van der Waals surface area contributed by atoms with Crippen LogP contribution in [-0.4, -0.2) is 22.8 Å². The Morgan fingerprint density at radius 1 is 1.57 bits per heavy atom. The molecule has 14 heavy (non-hydrogen) atoms. The Hall–Kier alpha value is -1.10. The second-order valence-electron chi connectivity index (χ2n) is 3.58. The van der Waals surface area contributed by atoms with Gasteiger partial charge in [-0.3, -0.25) is 0 Å². The monoisotopic (exact) mass is 196 g/mol. The van der Waals surface area contributed by atoms with Crippen molar-refractivity contribution in [1.82, 2.24) is 10.2 Å². The van der Waals surface area contributed by atoms with Gasteiger partial charge in [-0.15, -0.1) is 5.10 Å². The van der Waals surface area contributed by atoms with Crippen LogP contribution in [0.2, 0.25) is 0 Å². The molecular weight excluding hydrogens is 180 g/mol. The highest BCUT2D eigenvalue weighted by Crippen LogP contribution is 2.25. The number of nitrogens with two attached hydrogens (primary N) is 1. The molecule has 78 valence electrons. The molecule has 0 amide bonds. The van der Waals surface area contributed by atoms with E-state index < -0.39 is 0 Å². The molecule has 0 spiro atoms. The molecule has 1 aliphatic heterocycles. The molecule has 1 aromatic rings. The standard InChI is InChI=1S/C9H16N4O/c1-2-7-4-3-5-13(7)9-12-11-8(6-10)14-9/h7H,2-6,10H2,1H3. The number of anilines is 1. The summed E-state index contributed by atoms with van der Waals surface area (Å²) < 4.78 is 5.43. The third-order valence-corrected chi connectivity index (χ3v) is 2.72. The highest BCUT2D eigenvalue weighted by Gasteiger charge is 2.26. The quantitative estimate of drug-likeness (QED) is 0.778. The summed E-state index contributed by atoms with van der Waals surface area (Å²) in [7, 11) is 0. The zero-order chi connectivity index (χ0) is 9.97. The van der Waals surface area contributed by atoms with Crippen molar-refractivity contribution in [2.45, 2.75) is 38.8 Å². The zero-order valence-electron chi connectivity index (χ0n) is 8.44. The Bertz CT molecular complexity index is 299. The SMILES string of the molecule is CCC1CCCN1c1nnc(CN)o1. The highest BCUT2D eigenvalue weighted by atomic mass is 16.4. The molecule has 0 aliphatic carbocycles. The van der Waals surface area contributed by atoms with Crippen molar-refractivity contribution in [2.24, 2.45) is 5.73 Å². The maximum atomic E-state index is 5.43. The van der Waals surface area contributed by atoms with Crippen molar-refractivity contribution in [2.75, 3.05) is 11.4 Å². The van der Waals surface area contributed by atoms with Crippen LogP contribution in [0.3, 0.4) is 0 Å².